The van der Waals surface area contributed by atoms with Crippen LogP contribution in [0.25, 0.3) is 0 Å². The third kappa shape index (κ3) is 4.03. The average Bonchev–Trinajstić information content (AvgIpc) is 1.98. The van der Waals surface area contributed by atoms with E-state index in [4.69, 9.17) is 0 Å². The van der Waals surface area contributed by atoms with Crippen LogP contribution in [-0.4, -0.2) is 17.7 Å². The molecule has 0 heterocycles. The monoisotopic (exact) mass is 220 g/mol. The molecule has 0 aromatic carbocycles. The van der Waals surface area contributed by atoms with E-state index in [1.54, 1.807) is 0 Å². The fraction of sp³-hybridized carbons (Fsp3) is 0.750. The van der Waals surface area contributed by atoms with Crippen molar-refractivity contribution in [1.29, 1.82) is 0 Å². The summed E-state index contributed by atoms with van der Waals surface area (Å²) in [5.74, 6) is -1.47. The molecule has 0 aliphatic rings. The van der Waals surface area contributed by atoms with Gasteiger partial charge in [0.2, 0.25) is 0 Å². The summed E-state index contributed by atoms with van der Waals surface area (Å²) in [5, 5.41) is 10.0. The van der Waals surface area contributed by atoms with Crippen LogP contribution in [0, 0.1) is 5.41 Å². The van der Waals surface area contributed by atoms with Gasteiger partial charge in [0.05, 0.1) is 7.37 Å². The van der Waals surface area contributed by atoms with Crippen molar-refractivity contribution in [3.05, 3.63) is 0 Å². The van der Waals surface area contributed by atoms with Crippen LogP contribution in [0.4, 0.5) is 0 Å². The Labute approximate surface area is 82.6 Å². The molecule has 82 valence electrons. The first-order valence-corrected chi connectivity index (χ1v) is 5.93. The molecular weight excluding hydrogens is 207 g/mol. The van der Waals surface area contributed by atoms with Gasteiger partial charge in [0, 0.05) is 17.5 Å². The summed E-state index contributed by atoms with van der Waals surface area (Å²) >= 11 is 0. The molecule has 0 fully saturated rings. The van der Waals surface area contributed by atoms with E-state index in [-0.39, 0.29) is 0 Å². The molecule has 5 nitrogen and oxygen atoms in total. The smallest absolute Gasteiger partial charge is 0.182 e. The van der Waals surface area contributed by atoms with Crippen molar-refractivity contribution in [2.24, 2.45) is 5.41 Å². The van der Waals surface area contributed by atoms with Gasteiger partial charge in [-0.1, -0.05) is 20.8 Å². The van der Waals surface area contributed by atoms with Crippen molar-refractivity contribution in [3.63, 3.8) is 0 Å². The van der Waals surface area contributed by atoms with E-state index >= 15 is 0 Å². The van der Waals surface area contributed by atoms with E-state index in [1.165, 1.54) is 20.8 Å². The predicted molar refractivity (Wildman–Crippen MR) is 46.6 cm³/mol. The minimum Gasteiger partial charge on any atom is -0.794 e. The zero-order chi connectivity index (χ0) is 11.6. The van der Waals surface area contributed by atoms with Gasteiger partial charge in [-0.25, -0.2) is 0 Å². The van der Waals surface area contributed by atoms with E-state index in [2.05, 4.69) is 0 Å². The fourth-order valence-electron chi connectivity index (χ4n) is 0.851. The molecule has 0 spiro atoms. The highest BCUT2D eigenvalue weighted by Crippen LogP contribution is 2.44. The van der Waals surface area contributed by atoms with Crippen molar-refractivity contribution >= 4 is 18.9 Å². The first kappa shape index (κ1) is 13.3. The van der Waals surface area contributed by atoms with Crippen molar-refractivity contribution in [2.45, 2.75) is 27.2 Å². The van der Waals surface area contributed by atoms with Crippen LogP contribution in [-0.2, 0) is 14.2 Å². The summed E-state index contributed by atoms with van der Waals surface area (Å²) in [7, 11) is -4.27. The Morgan fingerprint density at radius 3 is 2.00 bits per heavy atom. The Hall–Kier alpha value is -0.670. The van der Waals surface area contributed by atoms with Gasteiger partial charge in [-0.15, -0.1) is 0 Å². The number of rotatable bonds is 4. The van der Waals surface area contributed by atoms with Crippen molar-refractivity contribution in [2.75, 3.05) is 6.16 Å². The van der Waals surface area contributed by atoms with Crippen LogP contribution in [0.15, 0.2) is 0 Å². The minimum atomic E-state index is -4.27. The lowest BCUT2D eigenvalue weighted by Crippen LogP contribution is -2.29. The van der Waals surface area contributed by atoms with Crippen LogP contribution in [0.1, 0.15) is 27.2 Å². The van der Waals surface area contributed by atoms with Crippen LogP contribution < -0.4 is 10.00 Å². The van der Waals surface area contributed by atoms with Gasteiger partial charge in [-0.05, 0) is 6.42 Å². The topological polar surface area (TPSA) is 97.3 Å². The molecule has 0 radical (unpaired) electrons. The molecule has 0 N–H and O–H groups in total. The Balaban J connectivity index is 4.56. The highest BCUT2D eigenvalue weighted by Gasteiger charge is 2.30. The third-order valence-electron chi connectivity index (χ3n) is 1.56. The average molecular weight is 220 g/mol. The van der Waals surface area contributed by atoms with E-state index in [1.807, 2.05) is 0 Å². The third-order valence-corrected chi connectivity index (χ3v) is 3.66. The maximum atomic E-state index is 11.3. The van der Waals surface area contributed by atoms with Crippen LogP contribution in [0.5, 0.6) is 0 Å². The molecule has 0 aliphatic heterocycles. The quantitative estimate of drug-likeness (QED) is 0.585. The molecule has 14 heavy (non-hydrogen) atoms. The molecule has 0 saturated carbocycles. The van der Waals surface area contributed by atoms with Crippen LogP contribution in [0.2, 0.25) is 0 Å². The van der Waals surface area contributed by atoms with Gasteiger partial charge in [-0.3, -0.25) is 4.79 Å². The molecule has 1 unspecified atom stereocenters. The molecule has 0 aromatic heterocycles. The predicted octanol–water partition coefficient (Wildman–Crippen LogP) is -0.662. The molecule has 0 rings (SSSR count). The zero-order valence-corrected chi connectivity index (χ0v) is 9.30. The number of hydrogen-bond donors (Lipinski definition) is 0. The molecule has 1 atom stereocenters. The summed E-state index contributed by atoms with van der Waals surface area (Å²) < 4.78 is 11.3. The number of carboxylic acid groups (broad SMARTS) is 1. The molecule has 0 saturated heterocycles. The summed E-state index contributed by atoms with van der Waals surface area (Å²) in [6, 6.07) is 0. The highest BCUT2D eigenvalue weighted by atomic mass is 31.2. The maximum absolute atomic E-state index is 11.3. The van der Waals surface area contributed by atoms with E-state index in [0.29, 0.717) is 0 Å². The Morgan fingerprint density at radius 2 is 1.71 bits per heavy atom. The Morgan fingerprint density at radius 1 is 1.29 bits per heavy atom. The lowest BCUT2D eigenvalue weighted by atomic mass is 9.99. The molecule has 0 aromatic rings. The summed E-state index contributed by atoms with van der Waals surface area (Å²) in [4.78, 5) is 32.6. The molecule has 0 aliphatic carbocycles. The van der Waals surface area contributed by atoms with Crippen molar-refractivity contribution in [3.8, 4) is 0 Å². The highest BCUT2D eigenvalue weighted by molar-refractivity contribution is 7.74. The van der Waals surface area contributed by atoms with E-state index < -0.39 is 36.9 Å². The van der Waals surface area contributed by atoms with Gasteiger partial charge in [0.1, 0.15) is 0 Å². The van der Waals surface area contributed by atoms with Gasteiger partial charge in [-0.2, -0.15) is 0 Å². The van der Waals surface area contributed by atoms with E-state index in [0.717, 1.165) is 0 Å². The number of carbonyl (C=O) groups excluding carboxylic acids is 2. The number of carboxylic acids is 1. The van der Waals surface area contributed by atoms with Crippen LogP contribution >= 0.6 is 7.37 Å². The number of hydrogen-bond acceptors (Lipinski definition) is 5. The van der Waals surface area contributed by atoms with Crippen LogP contribution in [0.3, 0.4) is 0 Å². The van der Waals surface area contributed by atoms with Crippen molar-refractivity contribution in [1.82, 2.24) is 0 Å². The number of carbonyl (C=O) groups is 2. The Kier molecular flexibility index (Phi) is 4.03. The fourth-order valence-corrected chi connectivity index (χ4v) is 2.55. The van der Waals surface area contributed by atoms with E-state index in [9.17, 15) is 24.2 Å². The molecular formula is C8H13O5P-2. The van der Waals surface area contributed by atoms with Gasteiger partial charge >= 0.3 is 0 Å². The lowest BCUT2D eigenvalue weighted by Gasteiger charge is -2.29. The first-order valence-electron chi connectivity index (χ1n) is 4.12. The SMILES string of the molecule is CC(C)(C)C(=O)P(=O)([O-])CCC(=O)[O-]. The molecule has 6 heteroatoms. The second-order valence-corrected chi connectivity index (χ2v) is 6.27. The largest absolute Gasteiger partial charge is 0.794 e. The lowest BCUT2D eigenvalue weighted by molar-refractivity contribution is -0.305. The standard InChI is InChI=1S/C8H15O5P/c1-8(2,3)7(11)14(12,13)5-4-6(9)10/h4-5H2,1-3H3,(H,9,10)(H,12,13)/p-2. The first-order chi connectivity index (χ1) is 6.07. The molecule has 0 bridgehead atoms. The number of aliphatic carboxylic acids is 1. The molecule has 0 amide bonds. The summed E-state index contributed by atoms with van der Waals surface area (Å²) in [5.41, 5.74) is -1.91. The second kappa shape index (κ2) is 4.24. The zero-order valence-electron chi connectivity index (χ0n) is 8.40. The summed E-state index contributed by atoms with van der Waals surface area (Å²) in [6.45, 7) is 4.41. The second-order valence-electron chi connectivity index (χ2n) is 4.07. The summed E-state index contributed by atoms with van der Waals surface area (Å²) in [6.07, 6.45) is -1.30. The maximum Gasteiger partial charge on any atom is 0.182 e. The van der Waals surface area contributed by atoms with Crippen molar-refractivity contribution < 1.29 is 24.2 Å². The van der Waals surface area contributed by atoms with Gasteiger partial charge < -0.3 is 19.4 Å². The normalized spacial score (nSPS) is 16.0. The Bertz CT molecular complexity index is 289. The minimum absolute atomic E-state index is 0.636. The van der Waals surface area contributed by atoms with Gasteiger partial charge in [0.25, 0.3) is 0 Å². The van der Waals surface area contributed by atoms with Gasteiger partial charge in [0.15, 0.2) is 5.52 Å².